The molecule has 0 unspecified atom stereocenters. The smallest absolute Gasteiger partial charge is 0.411 e. The third-order valence-corrected chi connectivity index (χ3v) is 3.07. The standard InChI is InChI=1S/C16H14N2O6/c1-23-15(19)13-8-7-12(18(21)22)9-14(13)17-16(20)24-10-11-5-3-2-4-6-11/h2-9H,10H2,1H3,(H,17,20). The van der Waals surface area contributed by atoms with Crippen molar-refractivity contribution in [3.05, 3.63) is 69.8 Å². The topological polar surface area (TPSA) is 108 Å². The number of hydrogen-bond acceptors (Lipinski definition) is 6. The highest BCUT2D eigenvalue weighted by molar-refractivity contribution is 6.00. The second kappa shape index (κ2) is 7.73. The number of ether oxygens (including phenoxy) is 2. The maximum atomic E-state index is 11.9. The summed E-state index contributed by atoms with van der Waals surface area (Å²) in [6.07, 6.45) is -0.843. The Hall–Kier alpha value is -3.42. The van der Waals surface area contributed by atoms with Gasteiger partial charge in [0.25, 0.3) is 5.69 Å². The number of rotatable bonds is 5. The Kier molecular flexibility index (Phi) is 5.45. The van der Waals surface area contributed by atoms with E-state index < -0.39 is 17.0 Å². The van der Waals surface area contributed by atoms with Gasteiger partial charge >= 0.3 is 12.1 Å². The van der Waals surface area contributed by atoms with Crippen molar-refractivity contribution < 1.29 is 24.0 Å². The molecule has 0 aliphatic rings. The van der Waals surface area contributed by atoms with Crippen LogP contribution in [0.1, 0.15) is 15.9 Å². The van der Waals surface area contributed by atoms with Gasteiger partial charge in [-0.3, -0.25) is 15.4 Å². The molecule has 24 heavy (non-hydrogen) atoms. The lowest BCUT2D eigenvalue weighted by molar-refractivity contribution is -0.384. The van der Waals surface area contributed by atoms with Gasteiger partial charge in [0, 0.05) is 12.1 Å². The number of benzene rings is 2. The molecule has 0 saturated heterocycles. The van der Waals surface area contributed by atoms with Gasteiger partial charge in [-0.2, -0.15) is 0 Å². The number of amides is 1. The first-order valence-electron chi connectivity index (χ1n) is 6.85. The van der Waals surface area contributed by atoms with Crippen molar-refractivity contribution in [3.8, 4) is 0 Å². The molecule has 2 rings (SSSR count). The van der Waals surface area contributed by atoms with Gasteiger partial charge in [0.15, 0.2) is 0 Å². The van der Waals surface area contributed by atoms with Crippen LogP contribution in [0.3, 0.4) is 0 Å². The van der Waals surface area contributed by atoms with E-state index in [9.17, 15) is 19.7 Å². The lowest BCUT2D eigenvalue weighted by Gasteiger charge is -2.10. The number of nitrogens with zero attached hydrogens (tertiary/aromatic N) is 1. The third-order valence-electron chi connectivity index (χ3n) is 3.07. The van der Waals surface area contributed by atoms with Crippen LogP contribution in [0, 0.1) is 10.1 Å². The predicted molar refractivity (Wildman–Crippen MR) is 84.7 cm³/mol. The van der Waals surface area contributed by atoms with Crippen molar-refractivity contribution in [1.29, 1.82) is 0 Å². The summed E-state index contributed by atoms with van der Waals surface area (Å²) < 4.78 is 9.62. The fourth-order valence-electron chi connectivity index (χ4n) is 1.91. The fraction of sp³-hybridized carbons (Fsp3) is 0.125. The molecular weight excluding hydrogens is 316 g/mol. The van der Waals surface area contributed by atoms with Crippen molar-refractivity contribution >= 4 is 23.4 Å². The second-order valence-corrected chi connectivity index (χ2v) is 4.67. The van der Waals surface area contributed by atoms with E-state index in [0.29, 0.717) is 0 Å². The number of anilines is 1. The highest BCUT2D eigenvalue weighted by atomic mass is 16.6. The lowest BCUT2D eigenvalue weighted by Crippen LogP contribution is -2.16. The summed E-state index contributed by atoms with van der Waals surface area (Å²) in [5.41, 5.74) is 0.426. The number of carbonyl (C=O) groups excluding carboxylic acids is 2. The van der Waals surface area contributed by atoms with Gasteiger partial charge in [0.2, 0.25) is 0 Å². The number of carbonyl (C=O) groups is 2. The van der Waals surface area contributed by atoms with Gasteiger partial charge in [-0.15, -0.1) is 0 Å². The molecule has 0 aromatic heterocycles. The lowest BCUT2D eigenvalue weighted by atomic mass is 10.1. The first kappa shape index (κ1) is 16.9. The molecule has 8 nitrogen and oxygen atoms in total. The minimum Gasteiger partial charge on any atom is -0.465 e. The summed E-state index contributed by atoms with van der Waals surface area (Å²) in [4.78, 5) is 33.8. The summed E-state index contributed by atoms with van der Waals surface area (Å²) in [6, 6.07) is 12.4. The molecule has 0 bridgehead atoms. The molecule has 0 heterocycles. The van der Waals surface area contributed by atoms with Crippen molar-refractivity contribution in [2.75, 3.05) is 12.4 Å². The van der Waals surface area contributed by atoms with E-state index >= 15 is 0 Å². The Bertz CT molecular complexity index is 760. The number of methoxy groups -OCH3 is 1. The molecule has 2 aromatic carbocycles. The van der Waals surface area contributed by atoms with Crippen LogP contribution in [0.5, 0.6) is 0 Å². The van der Waals surface area contributed by atoms with Gasteiger partial charge in [0.1, 0.15) is 6.61 Å². The van der Waals surface area contributed by atoms with Crippen molar-refractivity contribution in [2.24, 2.45) is 0 Å². The average Bonchev–Trinajstić information content (AvgIpc) is 2.60. The predicted octanol–water partition coefficient (Wildman–Crippen LogP) is 3.13. The zero-order valence-corrected chi connectivity index (χ0v) is 12.7. The zero-order valence-electron chi connectivity index (χ0n) is 12.7. The Morgan fingerprint density at radius 3 is 2.50 bits per heavy atom. The number of hydrogen-bond donors (Lipinski definition) is 1. The van der Waals surface area contributed by atoms with E-state index in [-0.39, 0.29) is 23.5 Å². The quantitative estimate of drug-likeness (QED) is 0.512. The largest absolute Gasteiger partial charge is 0.465 e. The summed E-state index contributed by atoms with van der Waals surface area (Å²) in [6.45, 7) is 0.0230. The van der Waals surface area contributed by atoms with Gasteiger partial charge in [0.05, 0.1) is 23.3 Å². The number of nitrogens with one attached hydrogen (secondary N) is 1. The third kappa shape index (κ3) is 4.29. The summed E-state index contributed by atoms with van der Waals surface area (Å²) in [7, 11) is 1.17. The summed E-state index contributed by atoms with van der Waals surface area (Å²) in [5.74, 6) is -0.733. The minimum absolute atomic E-state index is 0.0141. The van der Waals surface area contributed by atoms with E-state index in [4.69, 9.17) is 4.74 Å². The molecule has 1 N–H and O–H groups in total. The Balaban J connectivity index is 2.14. The van der Waals surface area contributed by atoms with Crippen LogP contribution in [0.25, 0.3) is 0 Å². The first-order chi connectivity index (χ1) is 11.5. The number of esters is 1. The van der Waals surface area contributed by atoms with Crippen molar-refractivity contribution in [2.45, 2.75) is 6.61 Å². The molecule has 8 heteroatoms. The molecule has 0 saturated carbocycles. The zero-order chi connectivity index (χ0) is 17.5. The Labute approximate surface area is 137 Å². The van der Waals surface area contributed by atoms with Crippen LogP contribution in [0.2, 0.25) is 0 Å². The SMILES string of the molecule is COC(=O)c1ccc([N+](=O)[O-])cc1NC(=O)OCc1ccccc1. The molecule has 0 fully saturated rings. The van der Waals surface area contributed by atoms with E-state index in [1.165, 1.54) is 13.2 Å². The Morgan fingerprint density at radius 1 is 1.17 bits per heavy atom. The monoisotopic (exact) mass is 330 g/mol. The molecular formula is C16H14N2O6. The van der Waals surface area contributed by atoms with E-state index in [1.807, 2.05) is 6.07 Å². The van der Waals surface area contributed by atoms with E-state index in [1.54, 1.807) is 24.3 Å². The van der Waals surface area contributed by atoms with Crippen molar-refractivity contribution in [3.63, 3.8) is 0 Å². The molecule has 124 valence electrons. The van der Waals surface area contributed by atoms with E-state index in [2.05, 4.69) is 10.1 Å². The van der Waals surface area contributed by atoms with Crippen LogP contribution < -0.4 is 5.32 Å². The Morgan fingerprint density at radius 2 is 1.88 bits per heavy atom. The number of non-ortho nitro benzene ring substituents is 1. The summed E-state index contributed by atoms with van der Waals surface area (Å²) in [5, 5.41) is 13.2. The summed E-state index contributed by atoms with van der Waals surface area (Å²) >= 11 is 0. The van der Waals surface area contributed by atoms with Crippen LogP contribution in [-0.2, 0) is 16.1 Å². The fourth-order valence-corrected chi connectivity index (χ4v) is 1.91. The molecule has 1 amide bonds. The normalized spacial score (nSPS) is 9.88. The second-order valence-electron chi connectivity index (χ2n) is 4.67. The van der Waals surface area contributed by atoms with Gasteiger partial charge in [-0.25, -0.2) is 9.59 Å². The van der Waals surface area contributed by atoms with Gasteiger partial charge in [-0.1, -0.05) is 30.3 Å². The molecule has 0 atom stereocenters. The maximum absolute atomic E-state index is 11.9. The van der Waals surface area contributed by atoms with Gasteiger partial charge < -0.3 is 9.47 Å². The highest BCUT2D eigenvalue weighted by Crippen LogP contribution is 2.23. The van der Waals surface area contributed by atoms with Crippen LogP contribution >= 0.6 is 0 Å². The van der Waals surface area contributed by atoms with Crippen molar-refractivity contribution in [1.82, 2.24) is 0 Å². The van der Waals surface area contributed by atoms with Crippen LogP contribution in [0.4, 0.5) is 16.2 Å². The average molecular weight is 330 g/mol. The molecule has 0 spiro atoms. The molecule has 0 radical (unpaired) electrons. The minimum atomic E-state index is -0.843. The number of nitro benzene ring substituents is 1. The van der Waals surface area contributed by atoms with Gasteiger partial charge in [-0.05, 0) is 11.6 Å². The van der Waals surface area contributed by atoms with Crippen LogP contribution in [0.15, 0.2) is 48.5 Å². The molecule has 0 aliphatic heterocycles. The first-order valence-corrected chi connectivity index (χ1v) is 6.85. The molecule has 2 aromatic rings. The molecule has 0 aliphatic carbocycles. The van der Waals surface area contributed by atoms with Crippen LogP contribution in [-0.4, -0.2) is 24.1 Å². The number of nitro groups is 1. The van der Waals surface area contributed by atoms with E-state index in [0.717, 1.165) is 17.7 Å². The maximum Gasteiger partial charge on any atom is 0.411 e. The highest BCUT2D eigenvalue weighted by Gasteiger charge is 2.18.